The Kier molecular flexibility index (Phi) is 3.82. The second kappa shape index (κ2) is 5.92. The maximum atomic E-state index is 4.47. The number of H-pyrrole nitrogens is 1. The van der Waals surface area contributed by atoms with Gasteiger partial charge in [-0.2, -0.15) is 0 Å². The topological polar surface area (TPSA) is 41.6 Å². The van der Waals surface area contributed by atoms with E-state index in [0.29, 0.717) is 0 Å². The second-order valence-corrected chi connectivity index (χ2v) is 5.37. The zero-order valence-corrected chi connectivity index (χ0v) is 12.4. The average Bonchev–Trinajstić information content (AvgIpc) is 3.03. The lowest BCUT2D eigenvalue weighted by Gasteiger charge is -2.19. The number of rotatable bonds is 4. The molecular formula is C18H19N3. The van der Waals surface area contributed by atoms with Crippen molar-refractivity contribution >= 4 is 0 Å². The quantitative estimate of drug-likeness (QED) is 0.788. The molecule has 2 heterocycles. The monoisotopic (exact) mass is 277 g/mol. The molecule has 1 atom stereocenters. The number of aromatic amines is 1. The molecule has 3 heteroatoms. The Morgan fingerprint density at radius 3 is 2.71 bits per heavy atom. The van der Waals surface area contributed by atoms with Crippen molar-refractivity contribution in [2.45, 2.75) is 26.2 Å². The zero-order valence-electron chi connectivity index (χ0n) is 12.4. The van der Waals surface area contributed by atoms with Gasteiger partial charge in [-0.15, -0.1) is 0 Å². The Hall–Kier alpha value is -2.42. The van der Waals surface area contributed by atoms with E-state index in [2.05, 4.69) is 53.1 Å². The van der Waals surface area contributed by atoms with E-state index in [1.54, 1.807) is 6.33 Å². The van der Waals surface area contributed by atoms with Crippen molar-refractivity contribution in [2.75, 3.05) is 0 Å². The fraction of sp³-hybridized carbons (Fsp3) is 0.222. The summed E-state index contributed by atoms with van der Waals surface area (Å²) < 4.78 is 0. The normalized spacial score (nSPS) is 12.3. The van der Waals surface area contributed by atoms with Crippen molar-refractivity contribution < 1.29 is 0 Å². The van der Waals surface area contributed by atoms with Gasteiger partial charge < -0.3 is 4.98 Å². The van der Waals surface area contributed by atoms with E-state index in [-0.39, 0.29) is 5.92 Å². The minimum Gasteiger partial charge on any atom is -0.348 e. The molecular weight excluding hydrogens is 258 g/mol. The lowest BCUT2D eigenvalue weighted by Crippen LogP contribution is -2.09. The molecule has 1 N–H and O–H groups in total. The van der Waals surface area contributed by atoms with E-state index >= 15 is 0 Å². The van der Waals surface area contributed by atoms with Crippen molar-refractivity contribution in [3.8, 4) is 0 Å². The van der Waals surface area contributed by atoms with Gasteiger partial charge in [0.25, 0.3) is 0 Å². The first-order chi connectivity index (χ1) is 10.3. The van der Waals surface area contributed by atoms with Crippen LogP contribution in [0.15, 0.2) is 55.1 Å². The van der Waals surface area contributed by atoms with Crippen molar-refractivity contribution in [2.24, 2.45) is 0 Å². The highest BCUT2D eigenvalue weighted by Crippen LogP contribution is 2.30. The lowest BCUT2D eigenvalue weighted by molar-refractivity contribution is 0.754. The molecule has 0 bridgehead atoms. The summed E-state index contributed by atoms with van der Waals surface area (Å²) in [5.74, 6) is 0.252. The number of nitrogens with one attached hydrogen (secondary N) is 1. The van der Waals surface area contributed by atoms with Crippen LogP contribution in [0.1, 0.15) is 34.0 Å². The zero-order chi connectivity index (χ0) is 14.7. The van der Waals surface area contributed by atoms with Crippen LogP contribution in [0.2, 0.25) is 0 Å². The van der Waals surface area contributed by atoms with E-state index in [1.165, 1.54) is 16.7 Å². The highest BCUT2D eigenvalue weighted by molar-refractivity contribution is 5.40. The molecule has 3 aromatic rings. The minimum absolute atomic E-state index is 0.252. The smallest absolute Gasteiger partial charge is 0.0921 e. The van der Waals surface area contributed by atoms with Crippen LogP contribution in [-0.4, -0.2) is 15.0 Å². The summed E-state index contributed by atoms with van der Waals surface area (Å²) in [5, 5.41) is 0. The molecule has 3 rings (SSSR count). The predicted molar refractivity (Wildman–Crippen MR) is 84.3 cm³/mol. The van der Waals surface area contributed by atoms with Gasteiger partial charge in [-0.1, -0.05) is 24.3 Å². The van der Waals surface area contributed by atoms with Gasteiger partial charge in [-0.3, -0.25) is 4.98 Å². The van der Waals surface area contributed by atoms with Crippen LogP contribution in [0.3, 0.4) is 0 Å². The predicted octanol–water partition coefficient (Wildman–Crippen LogP) is 3.80. The van der Waals surface area contributed by atoms with Crippen molar-refractivity contribution in [3.63, 3.8) is 0 Å². The molecule has 1 aromatic carbocycles. The summed E-state index contributed by atoms with van der Waals surface area (Å²) in [5.41, 5.74) is 6.23. The van der Waals surface area contributed by atoms with E-state index in [9.17, 15) is 0 Å². The highest BCUT2D eigenvalue weighted by Gasteiger charge is 2.19. The lowest BCUT2D eigenvalue weighted by atomic mass is 9.87. The molecule has 21 heavy (non-hydrogen) atoms. The Morgan fingerprint density at radius 1 is 1.10 bits per heavy atom. The molecule has 0 radical (unpaired) electrons. The molecule has 0 saturated carbocycles. The van der Waals surface area contributed by atoms with Gasteiger partial charge in [-0.05, 0) is 42.7 Å². The van der Waals surface area contributed by atoms with Crippen molar-refractivity contribution in [3.05, 3.63) is 83.2 Å². The summed E-state index contributed by atoms with van der Waals surface area (Å²) in [6.07, 6.45) is 6.37. The molecule has 0 amide bonds. The SMILES string of the molecule is Cc1cccc(C(Cc2ccccn2)c2cnc[nH]2)c1C. The summed E-state index contributed by atoms with van der Waals surface area (Å²) >= 11 is 0. The molecule has 106 valence electrons. The van der Waals surface area contributed by atoms with Crippen LogP contribution in [0.4, 0.5) is 0 Å². The summed E-state index contributed by atoms with van der Waals surface area (Å²) in [7, 11) is 0. The molecule has 0 aliphatic rings. The second-order valence-electron chi connectivity index (χ2n) is 5.37. The maximum Gasteiger partial charge on any atom is 0.0921 e. The number of hydrogen-bond donors (Lipinski definition) is 1. The summed E-state index contributed by atoms with van der Waals surface area (Å²) in [6.45, 7) is 4.34. The Bertz CT molecular complexity index is 703. The Morgan fingerprint density at radius 2 is 2.00 bits per heavy atom. The van der Waals surface area contributed by atoms with E-state index in [1.807, 2.05) is 24.5 Å². The van der Waals surface area contributed by atoms with Gasteiger partial charge in [-0.25, -0.2) is 4.98 Å². The number of nitrogens with zero attached hydrogens (tertiary/aromatic N) is 2. The first kappa shape index (κ1) is 13.6. The number of hydrogen-bond acceptors (Lipinski definition) is 2. The molecule has 0 fully saturated rings. The van der Waals surface area contributed by atoms with Crippen LogP contribution in [0.25, 0.3) is 0 Å². The number of aromatic nitrogens is 3. The number of aryl methyl sites for hydroxylation is 1. The maximum absolute atomic E-state index is 4.47. The standard InChI is InChI=1S/C18H19N3/c1-13-6-5-8-16(14(13)2)17(18-11-19-12-21-18)10-15-7-3-4-9-20-15/h3-9,11-12,17H,10H2,1-2H3,(H,19,21). The van der Waals surface area contributed by atoms with Gasteiger partial charge in [0, 0.05) is 36.1 Å². The molecule has 2 aromatic heterocycles. The van der Waals surface area contributed by atoms with E-state index < -0.39 is 0 Å². The number of pyridine rings is 1. The summed E-state index contributed by atoms with van der Waals surface area (Å²) in [4.78, 5) is 11.9. The summed E-state index contributed by atoms with van der Waals surface area (Å²) in [6, 6.07) is 12.6. The Balaban J connectivity index is 2.03. The van der Waals surface area contributed by atoms with E-state index in [4.69, 9.17) is 0 Å². The first-order valence-electron chi connectivity index (χ1n) is 7.20. The number of imidazole rings is 1. The van der Waals surface area contributed by atoms with Crippen LogP contribution >= 0.6 is 0 Å². The van der Waals surface area contributed by atoms with Crippen LogP contribution in [0.5, 0.6) is 0 Å². The highest BCUT2D eigenvalue weighted by atomic mass is 14.9. The van der Waals surface area contributed by atoms with Gasteiger partial charge >= 0.3 is 0 Å². The van der Waals surface area contributed by atoms with Crippen molar-refractivity contribution in [1.82, 2.24) is 15.0 Å². The molecule has 0 aliphatic carbocycles. The molecule has 0 aliphatic heterocycles. The van der Waals surface area contributed by atoms with Gasteiger partial charge in [0.15, 0.2) is 0 Å². The van der Waals surface area contributed by atoms with Crippen LogP contribution in [0, 0.1) is 13.8 Å². The number of benzene rings is 1. The third-order valence-electron chi connectivity index (χ3n) is 4.06. The van der Waals surface area contributed by atoms with Gasteiger partial charge in [0.2, 0.25) is 0 Å². The molecule has 0 spiro atoms. The largest absolute Gasteiger partial charge is 0.348 e. The van der Waals surface area contributed by atoms with Gasteiger partial charge in [0.05, 0.1) is 6.33 Å². The Labute approximate surface area is 125 Å². The van der Waals surface area contributed by atoms with Crippen molar-refractivity contribution in [1.29, 1.82) is 0 Å². The minimum atomic E-state index is 0.252. The van der Waals surface area contributed by atoms with Crippen LogP contribution < -0.4 is 0 Å². The third-order valence-corrected chi connectivity index (χ3v) is 4.06. The molecule has 1 unspecified atom stereocenters. The fourth-order valence-corrected chi connectivity index (χ4v) is 2.72. The van der Waals surface area contributed by atoms with Gasteiger partial charge in [0.1, 0.15) is 0 Å². The van der Waals surface area contributed by atoms with E-state index in [0.717, 1.165) is 17.8 Å². The molecule has 0 saturated heterocycles. The first-order valence-corrected chi connectivity index (χ1v) is 7.20. The molecule has 3 nitrogen and oxygen atoms in total. The third kappa shape index (κ3) is 2.87. The average molecular weight is 277 g/mol. The fourth-order valence-electron chi connectivity index (χ4n) is 2.72. The van der Waals surface area contributed by atoms with Crippen LogP contribution in [-0.2, 0) is 6.42 Å².